The van der Waals surface area contributed by atoms with Crippen molar-refractivity contribution >= 4 is 29.9 Å². The van der Waals surface area contributed by atoms with Crippen LogP contribution in [-0.4, -0.2) is 28.8 Å². The highest BCUT2D eigenvalue weighted by Crippen LogP contribution is 2.09. The van der Waals surface area contributed by atoms with E-state index in [1.807, 2.05) is 32.4 Å². The molecule has 2 aromatic rings. The summed E-state index contributed by atoms with van der Waals surface area (Å²) in [6.45, 7) is 5.76. The second kappa shape index (κ2) is 10.3. The van der Waals surface area contributed by atoms with Gasteiger partial charge in [-0.2, -0.15) is 5.10 Å². The summed E-state index contributed by atoms with van der Waals surface area (Å²) in [5.41, 5.74) is 2.69. The smallest absolute Gasteiger partial charge is 0.191 e. The first kappa shape index (κ1) is 20.4. The maximum absolute atomic E-state index is 13.6. The molecule has 1 heterocycles. The number of aryl methyl sites for hydroxylation is 2. The lowest BCUT2D eigenvalue weighted by Crippen LogP contribution is -2.38. The number of benzene rings is 1. The van der Waals surface area contributed by atoms with E-state index in [1.54, 1.807) is 17.7 Å². The Morgan fingerprint density at radius 3 is 2.71 bits per heavy atom. The summed E-state index contributed by atoms with van der Waals surface area (Å²) in [4.78, 5) is 4.50. The van der Waals surface area contributed by atoms with Gasteiger partial charge in [-0.15, -0.1) is 24.0 Å². The molecule has 0 aliphatic carbocycles. The minimum absolute atomic E-state index is 0. The van der Waals surface area contributed by atoms with E-state index in [4.69, 9.17) is 0 Å². The molecule has 0 saturated heterocycles. The third-order valence-corrected chi connectivity index (χ3v) is 3.46. The number of aromatic nitrogens is 2. The van der Waals surface area contributed by atoms with E-state index in [0.29, 0.717) is 12.1 Å². The van der Waals surface area contributed by atoms with Gasteiger partial charge < -0.3 is 10.6 Å². The number of hydrogen-bond donors (Lipinski definition) is 2. The minimum Gasteiger partial charge on any atom is -0.357 e. The normalized spacial score (nSPS) is 11.1. The summed E-state index contributed by atoms with van der Waals surface area (Å²) >= 11 is 0. The van der Waals surface area contributed by atoms with Crippen molar-refractivity contribution < 1.29 is 4.39 Å². The zero-order chi connectivity index (χ0) is 16.7. The van der Waals surface area contributed by atoms with Crippen molar-refractivity contribution in [2.75, 3.05) is 13.1 Å². The number of rotatable bonds is 6. The van der Waals surface area contributed by atoms with E-state index in [1.165, 1.54) is 11.6 Å². The Kier molecular flexibility index (Phi) is 8.73. The fourth-order valence-corrected chi connectivity index (χ4v) is 2.17. The van der Waals surface area contributed by atoms with Gasteiger partial charge in [0.15, 0.2) is 5.96 Å². The van der Waals surface area contributed by atoms with Crippen LogP contribution in [0.1, 0.15) is 23.6 Å². The Hall–Kier alpha value is -1.64. The van der Waals surface area contributed by atoms with Gasteiger partial charge in [-0.25, -0.2) is 9.38 Å². The first-order valence-electron chi connectivity index (χ1n) is 7.83. The van der Waals surface area contributed by atoms with Gasteiger partial charge in [0, 0.05) is 26.3 Å². The summed E-state index contributed by atoms with van der Waals surface area (Å²) in [7, 11) is 1.91. The first-order chi connectivity index (χ1) is 11.1. The van der Waals surface area contributed by atoms with Crippen LogP contribution in [0.25, 0.3) is 0 Å². The number of hydrogen-bond acceptors (Lipinski definition) is 2. The number of aliphatic imine (C=N–C) groups is 1. The van der Waals surface area contributed by atoms with E-state index in [2.05, 4.69) is 20.7 Å². The van der Waals surface area contributed by atoms with Crippen LogP contribution >= 0.6 is 24.0 Å². The lowest BCUT2D eigenvalue weighted by Gasteiger charge is -2.11. The van der Waals surface area contributed by atoms with Crippen molar-refractivity contribution in [1.29, 1.82) is 0 Å². The quantitative estimate of drug-likeness (QED) is 0.409. The molecule has 7 heteroatoms. The Bertz CT molecular complexity index is 669. The van der Waals surface area contributed by atoms with Crippen molar-refractivity contribution in [3.8, 4) is 0 Å². The molecule has 0 saturated carbocycles. The number of guanidine groups is 1. The summed E-state index contributed by atoms with van der Waals surface area (Å²) < 4.78 is 15.3. The molecule has 0 radical (unpaired) electrons. The average molecular weight is 445 g/mol. The molecule has 0 unspecified atom stereocenters. The summed E-state index contributed by atoms with van der Waals surface area (Å²) in [5.74, 6) is 0.546. The lowest BCUT2D eigenvalue weighted by molar-refractivity contribution is 0.616. The Balaban J connectivity index is 0.00000288. The van der Waals surface area contributed by atoms with Crippen molar-refractivity contribution in [2.45, 2.75) is 26.8 Å². The molecular weight excluding hydrogens is 420 g/mol. The van der Waals surface area contributed by atoms with Gasteiger partial charge in [0.25, 0.3) is 0 Å². The number of nitrogens with one attached hydrogen (secondary N) is 2. The lowest BCUT2D eigenvalue weighted by atomic mass is 10.1. The average Bonchev–Trinajstić information content (AvgIpc) is 2.93. The van der Waals surface area contributed by atoms with E-state index in [-0.39, 0.29) is 29.8 Å². The van der Waals surface area contributed by atoms with Crippen molar-refractivity contribution in [3.05, 3.63) is 53.1 Å². The van der Waals surface area contributed by atoms with E-state index in [9.17, 15) is 4.39 Å². The second-order valence-corrected chi connectivity index (χ2v) is 5.48. The van der Waals surface area contributed by atoms with Crippen LogP contribution in [0.4, 0.5) is 4.39 Å². The fraction of sp³-hybridized carbons (Fsp3) is 0.412. The van der Waals surface area contributed by atoms with Gasteiger partial charge >= 0.3 is 0 Å². The molecule has 1 aromatic heterocycles. The van der Waals surface area contributed by atoms with E-state index < -0.39 is 0 Å². The van der Waals surface area contributed by atoms with Crippen LogP contribution in [0, 0.1) is 12.7 Å². The molecule has 0 aliphatic rings. The molecule has 0 fully saturated rings. The van der Waals surface area contributed by atoms with Crippen LogP contribution in [0.3, 0.4) is 0 Å². The summed E-state index contributed by atoms with van der Waals surface area (Å²) in [6.07, 6.45) is 4.74. The summed E-state index contributed by atoms with van der Waals surface area (Å²) in [5, 5.41) is 10.6. The highest BCUT2D eigenvalue weighted by molar-refractivity contribution is 14.0. The molecule has 0 atom stereocenters. The van der Waals surface area contributed by atoms with Crippen LogP contribution in [0.15, 0.2) is 35.6 Å². The van der Waals surface area contributed by atoms with Crippen LogP contribution in [0.5, 0.6) is 0 Å². The number of nitrogens with zero attached hydrogens (tertiary/aromatic N) is 3. The largest absolute Gasteiger partial charge is 0.357 e. The second-order valence-electron chi connectivity index (χ2n) is 5.48. The van der Waals surface area contributed by atoms with Crippen molar-refractivity contribution in [3.63, 3.8) is 0 Å². The maximum atomic E-state index is 13.6. The van der Waals surface area contributed by atoms with Crippen LogP contribution in [-0.2, 0) is 20.0 Å². The third kappa shape index (κ3) is 6.46. The van der Waals surface area contributed by atoms with Gasteiger partial charge in [-0.1, -0.05) is 12.1 Å². The molecule has 1 aromatic carbocycles. The van der Waals surface area contributed by atoms with E-state index >= 15 is 0 Å². The molecule has 24 heavy (non-hydrogen) atoms. The molecule has 0 spiro atoms. The fourth-order valence-electron chi connectivity index (χ4n) is 2.17. The molecule has 2 N–H and O–H groups in total. The van der Waals surface area contributed by atoms with Crippen molar-refractivity contribution in [2.24, 2.45) is 12.0 Å². The third-order valence-electron chi connectivity index (χ3n) is 3.46. The monoisotopic (exact) mass is 445 g/mol. The van der Waals surface area contributed by atoms with E-state index in [0.717, 1.165) is 31.0 Å². The maximum Gasteiger partial charge on any atom is 0.191 e. The molecular formula is C17H25FIN5. The predicted octanol–water partition coefficient (Wildman–Crippen LogP) is 2.78. The van der Waals surface area contributed by atoms with Gasteiger partial charge in [-0.3, -0.25) is 4.68 Å². The first-order valence-corrected chi connectivity index (χ1v) is 7.83. The zero-order valence-electron chi connectivity index (χ0n) is 14.3. The molecule has 0 bridgehead atoms. The molecule has 132 valence electrons. The Morgan fingerprint density at radius 1 is 1.29 bits per heavy atom. The highest BCUT2D eigenvalue weighted by atomic mass is 127. The molecule has 5 nitrogen and oxygen atoms in total. The van der Waals surface area contributed by atoms with Gasteiger partial charge in [0.2, 0.25) is 0 Å². The van der Waals surface area contributed by atoms with Gasteiger partial charge in [0.05, 0.1) is 12.7 Å². The zero-order valence-corrected chi connectivity index (χ0v) is 16.7. The highest BCUT2D eigenvalue weighted by Gasteiger charge is 2.02. The summed E-state index contributed by atoms with van der Waals surface area (Å²) in [6, 6.07) is 5.22. The number of halogens is 2. The topological polar surface area (TPSA) is 54.2 Å². The van der Waals surface area contributed by atoms with Crippen molar-refractivity contribution in [1.82, 2.24) is 20.4 Å². The van der Waals surface area contributed by atoms with Crippen LogP contribution in [0.2, 0.25) is 0 Å². The Labute approximate surface area is 159 Å². The Morgan fingerprint density at radius 2 is 2.08 bits per heavy atom. The molecule has 0 aliphatic heterocycles. The van der Waals surface area contributed by atoms with Crippen LogP contribution < -0.4 is 10.6 Å². The minimum atomic E-state index is -0.188. The molecule has 2 rings (SSSR count). The molecule has 0 amide bonds. The van der Waals surface area contributed by atoms with Gasteiger partial charge in [0.1, 0.15) is 5.82 Å². The predicted molar refractivity (Wildman–Crippen MR) is 106 cm³/mol. The standard InChI is InChI=1S/C17H24FN5.HI/c1-4-19-17(20-8-7-15-11-22-23(3)12-15)21-10-14-6-5-13(2)16(18)9-14;/h5-6,9,11-12H,4,7-8,10H2,1-3H3,(H2,19,20,21);1H. The SMILES string of the molecule is CCNC(=NCc1ccc(C)c(F)c1)NCCc1cnn(C)c1.I. The van der Waals surface area contributed by atoms with Gasteiger partial charge in [-0.05, 0) is 43.0 Å².